The van der Waals surface area contributed by atoms with E-state index < -0.39 is 5.41 Å². The topological polar surface area (TPSA) is 32.3 Å². The summed E-state index contributed by atoms with van der Waals surface area (Å²) >= 11 is 0. The van der Waals surface area contributed by atoms with Gasteiger partial charge in [-0.1, -0.05) is 48.5 Å². The third kappa shape index (κ3) is 1.61. The van der Waals surface area contributed by atoms with E-state index in [1.807, 2.05) is 12.1 Å². The van der Waals surface area contributed by atoms with Gasteiger partial charge < -0.3 is 5.32 Å². The maximum Gasteiger partial charge on any atom is 0.237 e. The van der Waals surface area contributed by atoms with Crippen molar-refractivity contribution >= 4 is 11.6 Å². The molecule has 1 N–H and O–H groups in total. The van der Waals surface area contributed by atoms with Crippen molar-refractivity contribution in [3.05, 3.63) is 65.7 Å². The minimum Gasteiger partial charge on any atom is -0.325 e. The Bertz CT molecular complexity index is 764. The van der Waals surface area contributed by atoms with E-state index in [0.717, 1.165) is 31.6 Å². The van der Waals surface area contributed by atoms with Crippen LogP contribution in [0, 0.1) is 5.92 Å². The number of nitrogens with one attached hydrogen (secondary N) is 1. The van der Waals surface area contributed by atoms with Crippen LogP contribution in [-0.2, 0) is 10.2 Å². The molecule has 1 unspecified atom stereocenters. The molecule has 1 amide bonds. The Kier molecular flexibility index (Phi) is 2.71. The van der Waals surface area contributed by atoms with Crippen LogP contribution in [0.2, 0.25) is 0 Å². The molecule has 0 aliphatic carbocycles. The molecule has 2 bridgehead atoms. The summed E-state index contributed by atoms with van der Waals surface area (Å²) in [5.74, 6) is 0.628. The molecule has 6 rings (SSSR count). The number of anilines is 1. The van der Waals surface area contributed by atoms with Crippen LogP contribution in [0.4, 0.5) is 5.69 Å². The van der Waals surface area contributed by atoms with Crippen molar-refractivity contribution in [1.29, 1.82) is 0 Å². The van der Waals surface area contributed by atoms with E-state index in [9.17, 15) is 4.79 Å². The van der Waals surface area contributed by atoms with Gasteiger partial charge >= 0.3 is 0 Å². The number of amides is 1. The van der Waals surface area contributed by atoms with Crippen LogP contribution in [0.15, 0.2) is 54.6 Å². The van der Waals surface area contributed by atoms with Gasteiger partial charge in [0.1, 0.15) is 0 Å². The van der Waals surface area contributed by atoms with Gasteiger partial charge in [0.25, 0.3) is 0 Å². The van der Waals surface area contributed by atoms with Crippen molar-refractivity contribution in [3.8, 4) is 0 Å². The summed E-state index contributed by atoms with van der Waals surface area (Å²) in [5, 5.41) is 3.18. The van der Waals surface area contributed by atoms with Crippen molar-refractivity contribution in [3.63, 3.8) is 0 Å². The molecule has 3 fully saturated rings. The lowest BCUT2D eigenvalue weighted by atomic mass is 9.57. The second-order valence-corrected chi connectivity index (χ2v) is 6.99. The smallest absolute Gasteiger partial charge is 0.237 e. The van der Waals surface area contributed by atoms with Crippen molar-refractivity contribution in [2.45, 2.75) is 24.3 Å². The fourth-order valence-corrected chi connectivity index (χ4v) is 5.21. The number of piperidine rings is 3. The van der Waals surface area contributed by atoms with Gasteiger partial charge in [-0.25, -0.2) is 0 Å². The fourth-order valence-electron chi connectivity index (χ4n) is 5.21. The first-order chi connectivity index (χ1) is 11.3. The highest BCUT2D eigenvalue weighted by Crippen LogP contribution is 2.59. The average molecular weight is 304 g/mol. The Morgan fingerprint density at radius 2 is 1.65 bits per heavy atom. The average Bonchev–Trinajstić information content (AvgIpc) is 2.90. The Morgan fingerprint density at radius 3 is 2.43 bits per heavy atom. The highest BCUT2D eigenvalue weighted by Gasteiger charge is 2.62. The number of fused-ring (bicyclic) bond motifs is 3. The van der Waals surface area contributed by atoms with Crippen LogP contribution in [0.5, 0.6) is 0 Å². The normalized spacial score (nSPS) is 34.4. The lowest BCUT2D eigenvalue weighted by Crippen LogP contribution is -2.61. The molecular formula is C20H20N2O. The lowest BCUT2D eigenvalue weighted by Gasteiger charge is -2.56. The number of hydrogen-bond donors (Lipinski definition) is 1. The number of hydrogen-bond acceptors (Lipinski definition) is 2. The molecule has 23 heavy (non-hydrogen) atoms. The predicted molar refractivity (Wildman–Crippen MR) is 90.2 cm³/mol. The number of rotatable bonds is 1. The number of benzene rings is 2. The fraction of sp³-hybridized carbons (Fsp3) is 0.350. The Labute approximate surface area is 136 Å². The third-order valence-electron chi connectivity index (χ3n) is 6.08. The summed E-state index contributed by atoms with van der Waals surface area (Å²) in [6.07, 6.45) is 2.23. The van der Waals surface area contributed by atoms with Crippen LogP contribution < -0.4 is 5.32 Å². The van der Waals surface area contributed by atoms with E-state index in [4.69, 9.17) is 0 Å². The number of para-hydroxylation sites is 1. The quantitative estimate of drug-likeness (QED) is 0.876. The molecule has 4 heterocycles. The minimum atomic E-state index is -0.422. The van der Waals surface area contributed by atoms with Crippen LogP contribution >= 0.6 is 0 Å². The molecule has 3 heteroatoms. The molecular weight excluding hydrogens is 284 g/mol. The molecule has 2 aromatic rings. The van der Waals surface area contributed by atoms with E-state index in [1.165, 1.54) is 11.1 Å². The maximum absolute atomic E-state index is 13.2. The SMILES string of the molecule is O=C1Nc2ccccc2C12C1CCN(CC1)[C@@H]2c1ccccc1. The lowest BCUT2D eigenvalue weighted by molar-refractivity contribution is -0.134. The molecule has 0 radical (unpaired) electrons. The summed E-state index contributed by atoms with van der Waals surface area (Å²) in [5.41, 5.74) is 3.05. The van der Waals surface area contributed by atoms with Crippen LogP contribution in [-0.4, -0.2) is 23.9 Å². The van der Waals surface area contributed by atoms with E-state index in [0.29, 0.717) is 5.92 Å². The highest BCUT2D eigenvalue weighted by atomic mass is 16.2. The molecule has 3 saturated heterocycles. The predicted octanol–water partition coefficient (Wildman–Crippen LogP) is 3.34. The maximum atomic E-state index is 13.2. The van der Waals surface area contributed by atoms with Gasteiger partial charge in [-0.15, -0.1) is 0 Å². The molecule has 4 aliphatic heterocycles. The highest BCUT2D eigenvalue weighted by molar-refractivity contribution is 6.07. The zero-order chi connectivity index (χ0) is 15.4. The second kappa shape index (κ2) is 4.68. The summed E-state index contributed by atoms with van der Waals surface area (Å²) in [7, 11) is 0. The van der Waals surface area contributed by atoms with Crippen molar-refractivity contribution in [2.75, 3.05) is 18.4 Å². The molecule has 0 aromatic heterocycles. The van der Waals surface area contributed by atoms with Gasteiger partial charge in [0.15, 0.2) is 0 Å². The summed E-state index contributed by atoms with van der Waals surface area (Å²) < 4.78 is 0. The Morgan fingerprint density at radius 1 is 0.957 bits per heavy atom. The van der Waals surface area contributed by atoms with Crippen LogP contribution in [0.3, 0.4) is 0 Å². The zero-order valence-corrected chi connectivity index (χ0v) is 13.0. The van der Waals surface area contributed by atoms with Gasteiger partial charge in [0, 0.05) is 5.69 Å². The van der Waals surface area contributed by atoms with Crippen molar-refractivity contribution < 1.29 is 4.79 Å². The monoisotopic (exact) mass is 304 g/mol. The second-order valence-electron chi connectivity index (χ2n) is 6.99. The van der Waals surface area contributed by atoms with E-state index in [-0.39, 0.29) is 11.9 Å². The molecule has 2 aromatic carbocycles. The number of nitrogens with zero attached hydrogens (tertiary/aromatic N) is 1. The van der Waals surface area contributed by atoms with E-state index >= 15 is 0 Å². The summed E-state index contributed by atoms with van der Waals surface area (Å²) in [4.78, 5) is 15.8. The van der Waals surface area contributed by atoms with Crippen LogP contribution in [0.25, 0.3) is 0 Å². The molecule has 116 valence electrons. The molecule has 2 atom stereocenters. The Hall–Kier alpha value is -2.13. The first-order valence-electron chi connectivity index (χ1n) is 8.52. The van der Waals surface area contributed by atoms with Crippen LogP contribution in [0.1, 0.15) is 30.0 Å². The van der Waals surface area contributed by atoms with Crippen molar-refractivity contribution in [2.24, 2.45) is 5.92 Å². The first-order valence-corrected chi connectivity index (χ1v) is 8.52. The standard InChI is InChI=1S/C20H20N2O/c23-19-20(16-8-4-5-9-17(16)21-19)15-10-12-22(13-11-15)18(20)14-6-2-1-3-7-14/h1-9,15,18H,10-13H2,(H,21,23)/t18-,20?/m1/s1. The number of carbonyl (C=O) groups excluding carboxylic acids is 1. The molecule has 3 nitrogen and oxygen atoms in total. The van der Waals surface area contributed by atoms with Crippen molar-refractivity contribution in [1.82, 2.24) is 4.90 Å². The van der Waals surface area contributed by atoms with Gasteiger partial charge in [-0.2, -0.15) is 0 Å². The van der Waals surface area contributed by atoms with E-state index in [1.54, 1.807) is 0 Å². The van der Waals surface area contributed by atoms with Gasteiger partial charge in [-0.05, 0) is 49.0 Å². The first kappa shape index (κ1) is 13.3. The third-order valence-corrected chi connectivity index (χ3v) is 6.08. The molecule has 0 saturated carbocycles. The van der Waals surface area contributed by atoms with Gasteiger partial charge in [0.2, 0.25) is 5.91 Å². The number of carbonyl (C=O) groups is 1. The Balaban J connectivity index is 1.77. The van der Waals surface area contributed by atoms with Gasteiger partial charge in [0.05, 0.1) is 11.5 Å². The largest absolute Gasteiger partial charge is 0.325 e. The zero-order valence-electron chi connectivity index (χ0n) is 13.0. The molecule has 1 spiro atoms. The summed E-state index contributed by atoms with van der Waals surface area (Å²) in [6.45, 7) is 2.20. The van der Waals surface area contributed by atoms with Gasteiger partial charge in [-0.3, -0.25) is 9.69 Å². The van der Waals surface area contributed by atoms with E-state index in [2.05, 4.69) is 52.7 Å². The summed E-state index contributed by atoms with van der Waals surface area (Å²) in [6, 6.07) is 19.0. The minimum absolute atomic E-state index is 0.153. The molecule has 4 aliphatic rings.